The molecule has 0 bridgehead atoms. The van der Waals surface area contributed by atoms with Gasteiger partial charge < -0.3 is 20.6 Å². The molecule has 12 heteroatoms. The molecule has 1 saturated carbocycles. The van der Waals surface area contributed by atoms with Crippen LogP contribution in [0.5, 0.6) is 0 Å². The minimum Gasteiger partial charge on any atom is -0.459 e. The summed E-state index contributed by atoms with van der Waals surface area (Å²) >= 11 is 7.33. The minimum absolute atomic E-state index is 0.00393. The maximum atomic E-state index is 12.7. The summed E-state index contributed by atoms with van der Waals surface area (Å²) in [4.78, 5) is 50.6. The van der Waals surface area contributed by atoms with Gasteiger partial charge in [0.2, 0.25) is 5.91 Å². The van der Waals surface area contributed by atoms with Crippen molar-refractivity contribution in [2.75, 3.05) is 26.5 Å². The van der Waals surface area contributed by atoms with E-state index in [1.54, 1.807) is 25.1 Å². The van der Waals surface area contributed by atoms with Crippen molar-refractivity contribution in [3.63, 3.8) is 0 Å². The number of carbonyl (C=O) groups excluding carboxylic acids is 3. The Hall–Kier alpha value is -3.02. The van der Waals surface area contributed by atoms with Crippen molar-refractivity contribution in [2.24, 2.45) is 5.92 Å². The van der Waals surface area contributed by atoms with Crippen LogP contribution in [0.15, 0.2) is 24.4 Å². The SMILES string of the molecule is CN1Cc2cc(C(O)=[NH+][C@@H]3C[C@@H](C(=O)N(C)C)CC[C@@H]3NC(=O)C(=O)Nc3ccc(Cl)cn3)sc2C1. The second-order valence-electron chi connectivity index (χ2n) is 9.47. The van der Waals surface area contributed by atoms with Crippen molar-refractivity contribution in [2.45, 2.75) is 44.4 Å². The molecule has 10 nitrogen and oxygen atoms in total. The molecule has 3 atom stereocenters. The fourth-order valence-electron chi connectivity index (χ4n) is 4.64. The lowest BCUT2D eigenvalue weighted by atomic mass is 9.81. The van der Waals surface area contributed by atoms with Crippen molar-refractivity contribution < 1.29 is 24.5 Å². The van der Waals surface area contributed by atoms with Gasteiger partial charge in [0.15, 0.2) is 6.04 Å². The average Bonchev–Trinajstić information content (AvgIpc) is 3.38. The highest BCUT2D eigenvalue weighted by Gasteiger charge is 2.40. The Kier molecular flexibility index (Phi) is 7.91. The van der Waals surface area contributed by atoms with Crippen LogP contribution in [0.1, 0.15) is 34.6 Å². The number of amides is 3. The number of anilines is 1. The van der Waals surface area contributed by atoms with E-state index in [9.17, 15) is 19.5 Å². The van der Waals surface area contributed by atoms with Crippen molar-refractivity contribution in [1.82, 2.24) is 20.1 Å². The van der Waals surface area contributed by atoms with Crippen LogP contribution in [-0.4, -0.2) is 76.7 Å². The smallest absolute Gasteiger partial charge is 0.376 e. The third-order valence-electron chi connectivity index (χ3n) is 6.44. The number of rotatable bonds is 5. The lowest BCUT2D eigenvalue weighted by molar-refractivity contribution is -0.519. The third-order valence-corrected chi connectivity index (χ3v) is 7.83. The number of aromatic nitrogens is 1. The van der Waals surface area contributed by atoms with Gasteiger partial charge in [0.05, 0.1) is 11.1 Å². The van der Waals surface area contributed by atoms with Gasteiger partial charge >= 0.3 is 17.7 Å². The molecule has 192 valence electrons. The predicted molar refractivity (Wildman–Crippen MR) is 137 cm³/mol. The fraction of sp³-hybridized carbons (Fsp3) is 0.458. The lowest BCUT2D eigenvalue weighted by Gasteiger charge is -2.31. The summed E-state index contributed by atoms with van der Waals surface area (Å²) in [7, 11) is 5.47. The first kappa shape index (κ1) is 26.1. The fourth-order valence-corrected chi connectivity index (χ4v) is 5.91. The number of fused-ring (bicyclic) bond motifs is 1. The van der Waals surface area contributed by atoms with Crippen LogP contribution in [0, 0.1) is 5.92 Å². The number of aliphatic hydroxyl groups is 1. The zero-order chi connectivity index (χ0) is 26.0. The Morgan fingerprint density at radius 3 is 2.67 bits per heavy atom. The molecule has 0 radical (unpaired) electrons. The van der Waals surface area contributed by atoms with Gasteiger partial charge in [-0.3, -0.25) is 19.3 Å². The molecule has 0 spiro atoms. The van der Waals surface area contributed by atoms with Gasteiger partial charge in [-0.2, -0.15) is 0 Å². The summed E-state index contributed by atoms with van der Waals surface area (Å²) < 4.78 is 0. The zero-order valence-corrected chi connectivity index (χ0v) is 21.9. The summed E-state index contributed by atoms with van der Waals surface area (Å²) in [5.74, 6) is -1.73. The molecule has 4 rings (SSSR count). The molecule has 2 aliphatic rings. The van der Waals surface area contributed by atoms with E-state index in [-0.39, 0.29) is 23.5 Å². The van der Waals surface area contributed by atoms with Gasteiger partial charge in [0.1, 0.15) is 10.7 Å². The van der Waals surface area contributed by atoms with E-state index < -0.39 is 23.9 Å². The number of hydrogen-bond acceptors (Lipinski definition) is 6. The lowest BCUT2D eigenvalue weighted by Crippen LogP contribution is -2.85. The number of aliphatic hydroxyl groups excluding tert-OH is 1. The van der Waals surface area contributed by atoms with Crippen LogP contribution in [0.4, 0.5) is 5.82 Å². The minimum atomic E-state index is -0.859. The molecule has 1 aliphatic carbocycles. The molecule has 0 aromatic carbocycles. The Bertz CT molecular complexity index is 1160. The van der Waals surface area contributed by atoms with Gasteiger partial charge in [-0.15, -0.1) is 11.3 Å². The maximum absolute atomic E-state index is 12.7. The first-order valence-corrected chi connectivity index (χ1v) is 12.9. The van der Waals surface area contributed by atoms with Gasteiger partial charge in [-0.1, -0.05) is 11.6 Å². The number of hydrogen-bond donors (Lipinski definition) is 4. The Balaban J connectivity index is 1.49. The average molecular weight is 534 g/mol. The van der Waals surface area contributed by atoms with Crippen LogP contribution >= 0.6 is 22.9 Å². The first-order valence-electron chi connectivity index (χ1n) is 11.7. The summed E-state index contributed by atoms with van der Waals surface area (Å²) in [6.07, 6.45) is 2.80. The van der Waals surface area contributed by atoms with Crippen molar-refractivity contribution in [1.29, 1.82) is 0 Å². The highest BCUT2D eigenvalue weighted by molar-refractivity contribution is 7.14. The number of nitrogens with zero attached hydrogens (tertiary/aromatic N) is 3. The third kappa shape index (κ3) is 6.03. The molecule has 4 N–H and O–H groups in total. The number of carbonyl (C=O) groups is 3. The van der Waals surface area contributed by atoms with E-state index in [0.717, 1.165) is 13.1 Å². The molecule has 3 amide bonds. The van der Waals surface area contributed by atoms with E-state index in [0.29, 0.717) is 29.2 Å². The van der Waals surface area contributed by atoms with Crippen LogP contribution in [0.3, 0.4) is 0 Å². The van der Waals surface area contributed by atoms with Crippen molar-refractivity contribution >= 4 is 52.4 Å². The van der Waals surface area contributed by atoms with E-state index in [4.69, 9.17) is 11.6 Å². The number of thiophene rings is 1. The summed E-state index contributed by atoms with van der Waals surface area (Å²) in [5.41, 5.74) is 1.19. The Labute approximate surface area is 218 Å². The molecule has 1 aliphatic heterocycles. The highest BCUT2D eigenvalue weighted by Crippen LogP contribution is 2.30. The number of pyridine rings is 1. The molecule has 1 fully saturated rings. The first-order chi connectivity index (χ1) is 17.1. The highest BCUT2D eigenvalue weighted by atomic mass is 35.5. The zero-order valence-electron chi connectivity index (χ0n) is 20.4. The monoisotopic (exact) mass is 533 g/mol. The van der Waals surface area contributed by atoms with Gasteiger partial charge in [-0.25, -0.2) is 9.98 Å². The van der Waals surface area contributed by atoms with Gasteiger partial charge in [0, 0.05) is 50.6 Å². The second-order valence-corrected chi connectivity index (χ2v) is 11.0. The second kappa shape index (κ2) is 10.9. The largest absolute Gasteiger partial charge is 0.459 e. The van der Waals surface area contributed by atoms with Crippen LogP contribution in [0.25, 0.3) is 0 Å². The molecule has 0 saturated heterocycles. The van der Waals surface area contributed by atoms with Gasteiger partial charge in [0.25, 0.3) is 0 Å². The van der Waals surface area contributed by atoms with E-state index in [1.165, 1.54) is 34.0 Å². The number of halogens is 1. The van der Waals surface area contributed by atoms with E-state index in [1.807, 2.05) is 13.1 Å². The summed E-state index contributed by atoms with van der Waals surface area (Å²) in [5, 5.41) is 16.5. The molecule has 2 aromatic rings. The maximum Gasteiger partial charge on any atom is 0.376 e. The summed E-state index contributed by atoms with van der Waals surface area (Å²) in [6, 6.07) is 4.11. The quantitative estimate of drug-likeness (QED) is 0.252. The molecular weight excluding hydrogens is 504 g/mol. The van der Waals surface area contributed by atoms with E-state index >= 15 is 0 Å². The van der Waals surface area contributed by atoms with Crippen LogP contribution in [0.2, 0.25) is 5.02 Å². The molecule has 36 heavy (non-hydrogen) atoms. The predicted octanol–water partition coefficient (Wildman–Crippen LogP) is 0.508. The Morgan fingerprint density at radius 2 is 2.00 bits per heavy atom. The normalized spacial score (nSPS) is 22.1. The number of nitrogens with one attached hydrogen (secondary N) is 3. The molecule has 2 aromatic heterocycles. The van der Waals surface area contributed by atoms with Crippen LogP contribution < -0.4 is 15.6 Å². The van der Waals surface area contributed by atoms with Gasteiger partial charge in [-0.05, 0) is 43.7 Å². The topological polar surface area (TPSA) is 129 Å². The molecule has 3 heterocycles. The Morgan fingerprint density at radius 1 is 1.22 bits per heavy atom. The standard InChI is InChI=1S/C24H29ClN6O4S/c1-30(2)24(35)13-4-6-16(27-22(33)23(34)29-20-7-5-15(25)10-26-20)17(8-13)28-21(32)18-9-14-11-31(3)12-19(14)36-18/h5,7,9-10,13,16-17H,4,6,8,11-12H2,1-3H3,(H,27,33)(H,28,32)(H,26,29,34)/p+1/t13-,16-,17+/m0/s1. The van der Waals surface area contributed by atoms with E-state index in [2.05, 4.69) is 25.5 Å². The molecular formula is C24H30ClN6O4S+. The molecule has 0 unspecified atom stereocenters. The van der Waals surface area contributed by atoms with Crippen molar-refractivity contribution in [3.05, 3.63) is 44.7 Å². The van der Waals surface area contributed by atoms with Crippen molar-refractivity contribution in [3.8, 4) is 0 Å². The van der Waals surface area contributed by atoms with Crippen LogP contribution in [-0.2, 0) is 27.5 Å². The summed E-state index contributed by atoms with van der Waals surface area (Å²) in [6.45, 7) is 1.67.